The van der Waals surface area contributed by atoms with Crippen molar-refractivity contribution in [1.29, 1.82) is 0 Å². The summed E-state index contributed by atoms with van der Waals surface area (Å²) in [7, 11) is 0. The second kappa shape index (κ2) is 2.83. The van der Waals surface area contributed by atoms with Gasteiger partial charge in [0.2, 0.25) is 0 Å². The number of halogens is 2. The van der Waals surface area contributed by atoms with E-state index >= 15 is 0 Å². The largest absolute Gasteiger partial charge is 0.377 e. The molecule has 0 rings (SSSR count). The van der Waals surface area contributed by atoms with E-state index in [2.05, 4.69) is 22.5 Å². The minimum Gasteiger partial charge on any atom is -0.344 e. The maximum Gasteiger partial charge on any atom is 0.377 e. The van der Waals surface area contributed by atoms with Crippen molar-refractivity contribution in [3.05, 3.63) is 0 Å². The minimum atomic E-state index is -3.69. The molecule has 0 saturated carbocycles. The minimum absolute atomic E-state index is 0. The molecule has 0 aliphatic heterocycles. The van der Waals surface area contributed by atoms with E-state index in [-0.39, 0.29) is 6.15 Å². The molecular weight excluding hydrogens is 148 g/mol. The van der Waals surface area contributed by atoms with Gasteiger partial charge in [0.25, 0.3) is 0 Å². The van der Waals surface area contributed by atoms with Crippen LogP contribution >= 0.6 is 28.6 Å². The lowest BCUT2D eigenvalue weighted by molar-refractivity contribution is 0.512. The summed E-state index contributed by atoms with van der Waals surface area (Å²) in [5, 5.41) is 0. The zero-order chi connectivity index (χ0) is 4.50. The summed E-state index contributed by atoms with van der Waals surface area (Å²) in [5.74, 6) is 0. The Bertz CT molecular complexity index is 57.7. The molecule has 0 aliphatic rings. The molecule has 0 aromatic heterocycles. The fourth-order valence-electron chi connectivity index (χ4n) is 0. The smallest absolute Gasteiger partial charge is 0.344 e. The molecule has 0 heterocycles. The molecule has 0 unspecified atom stereocenters. The van der Waals surface area contributed by atoms with Gasteiger partial charge in [-0.05, 0) is 22.5 Å². The Morgan fingerprint density at radius 3 is 1.50 bits per heavy atom. The first-order valence-corrected chi connectivity index (χ1v) is 4.19. The van der Waals surface area contributed by atoms with E-state index in [0.717, 1.165) is 0 Å². The Balaban J connectivity index is 0. The Morgan fingerprint density at radius 1 is 1.50 bits per heavy atom. The zero-order valence-corrected chi connectivity index (χ0v) is 5.17. The lowest BCUT2D eigenvalue weighted by Gasteiger charge is -1.77. The molecule has 6 heteroatoms. The number of hydrogen-bond acceptors (Lipinski definition) is 2. The first kappa shape index (κ1) is 9.88. The molecule has 6 heavy (non-hydrogen) atoms. The predicted octanol–water partition coefficient (Wildman–Crippen LogP) is 1.73. The molecule has 40 valence electrons. The monoisotopic (exact) mass is 151 g/mol. The van der Waals surface area contributed by atoms with Crippen LogP contribution in [0, 0.1) is 0 Å². The molecule has 0 aromatic rings. The van der Waals surface area contributed by atoms with E-state index in [1.807, 2.05) is 0 Å². The summed E-state index contributed by atoms with van der Waals surface area (Å²) >= 11 is 8.81. The highest BCUT2D eigenvalue weighted by Crippen LogP contribution is 2.51. The van der Waals surface area contributed by atoms with E-state index in [9.17, 15) is 4.57 Å². The molecule has 0 fully saturated rings. The first-order valence-electron chi connectivity index (χ1n) is 0.721. The second-order valence-electron chi connectivity index (χ2n) is 0.435. The fourth-order valence-corrected chi connectivity index (χ4v) is 0. The molecule has 0 bridgehead atoms. The van der Waals surface area contributed by atoms with Crippen LogP contribution in [0.25, 0.3) is 0 Å². The lowest BCUT2D eigenvalue weighted by atomic mass is 14.0. The Morgan fingerprint density at radius 2 is 1.50 bits per heavy atom. The van der Waals surface area contributed by atoms with Crippen LogP contribution in [0.15, 0.2) is 0 Å². The van der Waals surface area contributed by atoms with Gasteiger partial charge in [-0.2, -0.15) is 0 Å². The standard InChI is InChI=1S/Cl2HO2P.H3N/c1-5(2,3)4;/h(H,3,4);1H3. The van der Waals surface area contributed by atoms with Crippen LogP contribution in [0.1, 0.15) is 0 Å². The highest BCUT2D eigenvalue weighted by molar-refractivity contribution is 8.04. The van der Waals surface area contributed by atoms with Crippen LogP contribution in [0.2, 0.25) is 0 Å². The lowest BCUT2D eigenvalue weighted by Crippen LogP contribution is -1.39. The fraction of sp³-hybridized carbons (Fsp3) is 0. The summed E-state index contributed by atoms with van der Waals surface area (Å²) < 4.78 is 9.30. The number of hydrogen-bond donors (Lipinski definition) is 2. The van der Waals surface area contributed by atoms with Crippen molar-refractivity contribution in [3.8, 4) is 0 Å². The first-order chi connectivity index (χ1) is 2.00. The zero-order valence-electron chi connectivity index (χ0n) is 2.77. The van der Waals surface area contributed by atoms with Crippen molar-refractivity contribution in [1.82, 2.24) is 6.15 Å². The Hall–Kier alpha value is 0.730. The molecule has 3 nitrogen and oxygen atoms in total. The van der Waals surface area contributed by atoms with Gasteiger partial charge in [-0.1, -0.05) is 0 Å². The summed E-state index contributed by atoms with van der Waals surface area (Å²) in [4.78, 5) is 7.61. The van der Waals surface area contributed by atoms with Crippen molar-refractivity contribution >= 4 is 28.6 Å². The molecule has 0 aliphatic carbocycles. The van der Waals surface area contributed by atoms with Crippen LogP contribution < -0.4 is 6.15 Å². The summed E-state index contributed by atoms with van der Waals surface area (Å²) in [6.45, 7) is 0. The summed E-state index contributed by atoms with van der Waals surface area (Å²) in [6.07, 6.45) is -3.69. The van der Waals surface area contributed by atoms with Crippen LogP contribution in [-0.2, 0) is 4.57 Å². The van der Waals surface area contributed by atoms with Gasteiger partial charge in [-0.15, -0.1) is 0 Å². The van der Waals surface area contributed by atoms with Gasteiger partial charge in [0.15, 0.2) is 0 Å². The van der Waals surface area contributed by atoms with Crippen LogP contribution in [-0.4, -0.2) is 4.89 Å². The molecule has 0 radical (unpaired) electrons. The van der Waals surface area contributed by atoms with Gasteiger partial charge in [0, 0.05) is 0 Å². The topological polar surface area (TPSA) is 72.3 Å². The second-order valence-corrected chi connectivity index (χ2v) is 4.57. The van der Waals surface area contributed by atoms with E-state index in [4.69, 9.17) is 4.89 Å². The van der Waals surface area contributed by atoms with Gasteiger partial charge >= 0.3 is 6.07 Å². The normalized spacial score (nSPS) is 9.83. The van der Waals surface area contributed by atoms with Crippen LogP contribution in [0.4, 0.5) is 0 Å². The summed E-state index contributed by atoms with van der Waals surface area (Å²) in [6, 6.07) is 0. The van der Waals surface area contributed by atoms with Gasteiger partial charge in [-0.3, -0.25) is 4.57 Å². The van der Waals surface area contributed by atoms with Gasteiger partial charge in [0.1, 0.15) is 0 Å². The van der Waals surface area contributed by atoms with E-state index in [1.165, 1.54) is 0 Å². The maximum absolute atomic E-state index is 9.30. The van der Waals surface area contributed by atoms with Crippen LogP contribution in [0.3, 0.4) is 0 Å². The third kappa shape index (κ3) is 123. The van der Waals surface area contributed by atoms with Crippen molar-refractivity contribution < 1.29 is 9.46 Å². The maximum atomic E-state index is 9.30. The highest BCUT2D eigenvalue weighted by Gasteiger charge is 2.02. The highest BCUT2D eigenvalue weighted by atomic mass is 35.9. The van der Waals surface area contributed by atoms with Gasteiger partial charge in [-0.25, -0.2) is 0 Å². The molecule has 0 aromatic carbocycles. The average molecular weight is 152 g/mol. The SMILES string of the molecule is N.O=P(O)(Cl)Cl. The van der Waals surface area contributed by atoms with Crippen molar-refractivity contribution in [3.63, 3.8) is 0 Å². The van der Waals surface area contributed by atoms with Gasteiger partial charge < -0.3 is 11.0 Å². The molecule has 4 N–H and O–H groups in total. The quantitative estimate of drug-likeness (QED) is 0.519. The molecule has 0 amide bonds. The Labute approximate surface area is 44.9 Å². The molecular formula is H4Cl2NO2P. The van der Waals surface area contributed by atoms with E-state index in [0.29, 0.717) is 0 Å². The summed E-state index contributed by atoms with van der Waals surface area (Å²) in [5.41, 5.74) is 0. The third-order valence-corrected chi connectivity index (χ3v) is 0. The third-order valence-electron chi connectivity index (χ3n) is 0. The number of rotatable bonds is 0. The van der Waals surface area contributed by atoms with Crippen LogP contribution in [0.5, 0.6) is 0 Å². The van der Waals surface area contributed by atoms with E-state index < -0.39 is 6.07 Å². The van der Waals surface area contributed by atoms with Crippen molar-refractivity contribution in [2.75, 3.05) is 0 Å². The molecule has 0 spiro atoms. The van der Waals surface area contributed by atoms with Crippen molar-refractivity contribution in [2.24, 2.45) is 0 Å². The van der Waals surface area contributed by atoms with Crippen molar-refractivity contribution in [2.45, 2.75) is 0 Å². The average Bonchev–Trinajstić information content (AvgIpc) is 0.722. The Kier molecular flexibility index (Phi) is 4.66. The molecule has 0 saturated heterocycles. The van der Waals surface area contributed by atoms with Gasteiger partial charge in [0.05, 0.1) is 0 Å². The molecule has 0 atom stereocenters. The predicted molar refractivity (Wildman–Crippen MR) is 26.6 cm³/mol. The van der Waals surface area contributed by atoms with E-state index in [1.54, 1.807) is 0 Å².